The van der Waals surface area contributed by atoms with Gasteiger partial charge < -0.3 is 4.74 Å². The third-order valence-corrected chi connectivity index (χ3v) is 1.36. The minimum Gasteiger partial charge on any atom is -0.464 e. The Balaban J connectivity index is 2.51. The molecule has 0 amide bonds. The van der Waals surface area contributed by atoms with Gasteiger partial charge >= 0.3 is 0 Å². The maximum Gasteiger partial charge on any atom is 0.212 e. The first-order valence-electron chi connectivity index (χ1n) is 3.18. The molecule has 3 heteroatoms. The molecule has 1 aromatic rings. The van der Waals surface area contributed by atoms with Gasteiger partial charge in [-0.2, -0.15) is 0 Å². The number of para-hydroxylation sites is 1. The Bertz CT molecular complexity index is 201. The highest BCUT2D eigenvalue weighted by Crippen LogP contribution is 2.11. The van der Waals surface area contributed by atoms with Crippen LogP contribution in [0.4, 0.5) is 0 Å². The van der Waals surface area contributed by atoms with Gasteiger partial charge in [-0.15, -0.1) is 0 Å². The van der Waals surface area contributed by atoms with E-state index in [2.05, 4.69) is 24.0 Å². The van der Waals surface area contributed by atoms with Gasteiger partial charge in [0, 0.05) is 6.92 Å². The summed E-state index contributed by atoms with van der Waals surface area (Å²) in [5.41, 5.74) is 0. The van der Waals surface area contributed by atoms with Crippen LogP contribution in [0.3, 0.4) is 0 Å². The van der Waals surface area contributed by atoms with E-state index in [4.69, 9.17) is 4.74 Å². The van der Waals surface area contributed by atoms with E-state index in [0.29, 0.717) is 0 Å². The van der Waals surface area contributed by atoms with E-state index in [1.807, 2.05) is 30.3 Å². The van der Waals surface area contributed by atoms with Crippen LogP contribution in [0, 0.1) is 6.92 Å². The molecule has 0 spiro atoms. The molecule has 0 saturated heterocycles. The highest BCUT2D eigenvalue weighted by atomic mass is 32.1. The van der Waals surface area contributed by atoms with Crippen molar-refractivity contribution in [2.45, 2.75) is 6.29 Å². The molecule has 0 aliphatic rings. The van der Waals surface area contributed by atoms with Crippen molar-refractivity contribution in [3.8, 4) is 5.75 Å². The highest BCUT2D eigenvalue weighted by molar-refractivity contribution is 7.75. The lowest BCUT2D eigenvalue weighted by Gasteiger charge is -2.10. The van der Waals surface area contributed by atoms with Crippen molar-refractivity contribution >= 4 is 12.9 Å². The van der Waals surface area contributed by atoms with E-state index in [1.165, 1.54) is 0 Å². The lowest BCUT2D eigenvalue weighted by molar-refractivity contribution is 0.0667. The summed E-state index contributed by atoms with van der Waals surface area (Å²) in [5.74, 6) is 0.724. The third-order valence-electron chi connectivity index (χ3n) is 1.13. The van der Waals surface area contributed by atoms with E-state index in [1.54, 1.807) is 0 Å². The monoisotopic (exact) mass is 169 g/mol. The number of hydrogen-bond donors (Lipinski definition) is 1. The van der Waals surface area contributed by atoms with Crippen molar-refractivity contribution in [3.05, 3.63) is 37.3 Å². The standard InChI is InChI=1S/C8H9O2S/c1-7(10-11)9-8-5-3-2-4-6-8/h2-7,11H,1H2. The van der Waals surface area contributed by atoms with Gasteiger partial charge in [-0.1, -0.05) is 18.2 Å². The number of benzene rings is 1. The van der Waals surface area contributed by atoms with Gasteiger partial charge in [-0.3, -0.25) is 4.18 Å². The van der Waals surface area contributed by atoms with E-state index in [-0.39, 0.29) is 0 Å². The lowest BCUT2D eigenvalue weighted by Crippen LogP contribution is -2.11. The van der Waals surface area contributed by atoms with E-state index >= 15 is 0 Å². The molecular formula is C8H9O2S. The summed E-state index contributed by atoms with van der Waals surface area (Å²) in [4.78, 5) is 0. The third kappa shape index (κ3) is 2.82. The molecule has 0 aromatic heterocycles. The Hall–Kier alpha value is -0.670. The molecule has 59 valence electrons. The van der Waals surface area contributed by atoms with Gasteiger partial charge in [0.2, 0.25) is 6.29 Å². The first kappa shape index (κ1) is 8.43. The maximum absolute atomic E-state index is 5.15. The average Bonchev–Trinajstić information content (AvgIpc) is 2.06. The predicted molar refractivity (Wildman–Crippen MR) is 46.3 cm³/mol. The zero-order valence-electron chi connectivity index (χ0n) is 5.93. The van der Waals surface area contributed by atoms with Crippen molar-refractivity contribution in [1.82, 2.24) is 0 Å². The van der Waals surface area contributed by atoms with E-state index in [9.17, 15) is 0 Å². The maximum atomic E-state index is 5.15. The fourth-order valence-electron chi connectivity index (χ4n) is 0.672. The van der Waals surface area contributed by atoms with Crippen LogP contribution in [0.5, 0.6) is 5.75 Å². The molecule has 0 aliphatic carbocycles. The van der Waals surface area contributed by atoms with Crippen molar-refractivity contribution in [1.29, 1.82) is 0 Å². The first-order chi connectivity index (χ1) is 5.33. The SMILES string of the molecule is [CH2]C(OS)Oc1ccccc1. The van der Waals surface area contributed by atoms with E-state index in [0.717, 1.165) is 5.75 Å². The number of hydrogen-bond acceptors (Lipinski definition) is 3. The van der Waals surface area contributed by atoms with Crippen LogP contribution in [0.2, 0.25) is 0 Å². The molecule has 1 radical (unpaired) electrons. The van der Waals surface area contributed by atoms with Crippen molar-refractivity contribution in [3.63, 3.8) is 0 Å². The second-order valence-electron chi connectivity index (χ2n) is 1.97. The summed E-state index contributed by atoms with van der Waals surface area (Å²) in [5, 5.41) is 0. The molecule has 0 bridgehead atoms. The smallest absolute Gasteiger partial charge is 0.212 e. The van der Waals surface area contributed by atoms with Crippen LogP contribution >= 0.6 is 12.9 Å². The summed E-state index contributed by atoms with van der Waals surface area (Å²) in [7, 11) is 0. The minimum absolute atomic E-state index is 0.569. The Morgan fingerprint density at radius 3 is 2.45 bits per heavy atom. The van der Waals surface area contributed by atoms with Gasteiger partial charge in [-0.05, 0) is 25.0 Å². The summed E-state index contributed by atoms with van der Waals surface area (Å²) < 4.78 is 9.67. The van der Waals surface area contributed by atoms with Gasteiger partial charge in [0.25, 0.3) is 0 Å². The zero-order valence-corrected chi connectivity index (χ0v) is 6.83. The Morgan fingerprint density at radius 1 is 1.27 bits per heavy atom. The van der Waals surface area contributed by atoms with Gasteiger partial charge in [0.1, 0.15) is 5.75 Å². The van der Waals surface area contributed by atoms with Crippen LogP contribution in [-0.2, 0) is 4.18 Å². The predicted octanol–water partition coefficient (Wildman–Crippen LogP) is 2.09. The fourth-order valence-corrected chi connectivity index (χ4v) is 0.715. The van der Waals surface area contributed by atoms with Gasteiger partial charge in [0.05, 0.1) is 0 Å². The van der Waals surface area contributed by atoms with Crippen LogP contribution in [0.15, 0.2) is 30.3 Å². The van der Waals surface area contributed by atoms with Gasteiger partial charge in [0.15, 0.2) is 0 Å². The van der Waals surface area contributed by atoms with Crippen molar-refractivity contribution < 1.29 is 8.92 Å². The summed E-state index contributed by atoms with van der Waals surface area (Å²) in [6, 6.07) is 9.31. The first-order valence-corrected chi connectivity index (χ1v) is 3.54. The lowest BCUT2D eigenvalue weighted by atomic mass is 10.3. The number of rotatable bonds is 3. The highest BCUT2D eigenvalue weighted by Gasteiger charge is 1.99. The Kier molecular flexibility index (Phi) is 3.26. The largest absolute Gasteiger partial charge is 0.464 e. The normalized spacial score (nSPS) is 12.5. The zero-order chi connectivity index (χ0) is 8.10. The van der Waals surface area contributed by atoms with Crippen LogP contribution in [0.1, 0.15) is 0 Å². The summed E-state index contributed by atoms with van der Waals surface area (Å²) in [6.07, 6.45) is -0.569. The second-order valence-corrected chi connectivity index (χ2v) is 2.18. The molecule has 1 rings (SSSR count). The van der Waals surface area contributed by atoms with Crippen molar-refractivity contribution in [2.24, 2.45) is 0 Å². The summed E-state index contributed by atoms with van der Waals surface area (Å²) >= 11 is 3.56. The fraction of sp³-hybridized carbons (Fsp3) is 0.125. The minimum atomic E-state index is -0.569. The van der Waals surface area contributed by atoms with Crippen molar-refractivity contribution in [2.75, 3.05) is 0 Å². The van der Waals surface area contributed by atoms with E-state index < -0.39 is 6.29 Å². The molecule has 1 aromatic carbocycles. The quantitative estimate of drug-likeness (QED) is 0.424. The molecule has 0 heterocycles. The topological polar surface area (TPSA) is 18.5 Å². The molecule has 0 fully saturated rings. The van der Waals surface area contributed by atoms with Crippen LogP contribution in [0.25, 0.3) is 0 Å². The van der Waals surface area contributed by atoms with Gasteiger partial charge in [-0.25, -0.2) is 0 Å². The molecule has 2 nitrogen and oxygen atoms in total. The molecule has 1 unspecified atom stereocenters. The van der Waals surface area contributed by atoms with Crippen LogP contribution in [-0.4, -0.2) is 6.29 Å². The van der Waals surface area contributed by atoms with Crippen LogP contribution < -0.4 is 4.74 Å². The Labute approximate surface area is 71.8 Å². The number of thiol groups is 1. The molecule has 0 saturated carbocycles. The molecule has 1 atom stereocenters. The molecule has 0 N–H and O–H groups in total. The Morgan fingerprint density at radius 2 is 1.91 bits per heavy atom. The molecular weight excluding hydrogens is 160 g/mol. The second kappa shape index (κ2) is 4.26. The average molecular weight is 169 g/mol. The molecule has 0 aliphatic heterocycles. The summed E-state index contributed by atoms with van der Waals surface area (Å²) in [6.45, 7) is 3.53. The molecule has 11 heavy (non-hydrogen) atoms. The number of ether oxygens (including phenoxy) is 1.